The molecular formula is C20H23F6N7O2. The summed E-state index contributed by atoms with van der Waals surface area (Å²) in [5.74, 6) is -1.19. The molecule has 35 heavy (non-hydrogen) atoms. The molecule has 0 saturated carbocycles. The first kappa shape index (κ1) is 23.9. The Labute approximate surface area is 195 Å². The van der Waals surface area contributed by atoms with Gasteiger partial charge in [-0.3, -0.25) is 4.57 Å². The van der Waals surface area contributed by atoms with Gasteiger partial charge in [-0.1, -0.05) is 0 Å². The van der Waals surface area contributed by atoms with Gasteiger partial charge in [-0.25, -0.2) is 4.98 Å². The van der Waals surface area contributed by atoms with Crippen LogP contribution in [0.1, 0.15) is 30.7 Å². The van der Waals surface area contributed by atoms with Gasteiger partial charge in [0.1, 0.15) is 17.5 Å². The smallest absolute Gasteiger partial charge is 0.423 e. The van der Waals surface area contributed by atoms with Crippen molar-refractivity contribution in [2.24, 2.45) is 5.92 Å². The van der Waals surface area contributed by atoms with Gasteiger partial charge in [0.25, 0.3) is 0 Å². The third-order valence-electron chi connectivity index (χ3n) is 6.38. The van der Waals surface area contributed by atoms with Crippen LogP contribution in [0.25, 0.3) is 0 Å². The maximum atomic E-state index is 13.4. The van der Waals surface area contributed by atoms with Crippen molar-refractivity contribution in [1.82, 2.24) is 24.7 Å². The van der Waals surface area contributed by atoms with Crippen LogP contribution in [0.3, 0.4) is 0 Å². The minimum absolute atomic E-state index is 0.00335. The van der Waals surface area contributed by atoms with Crippen LogP contribution in [0, 0.1) is 5.92 Å². The molecule has 2 aromatic rings. The van der Waals surface area contributed by atoms with Crippen molar-refractivity contribution in [2.45, 2.75) is 56.7 Å². The van der Waals surface area contributed by atoms with Crippen molar-refractivity contribution >= 4 is 11.9 Å². The van der Waals surface area contributed by atoms with E-state index in [2.05, 4.69) is 25.5 Å². The van der Waals surface area contributed by atoms with Gasteiger partial charge in [-0.15, -0.1) is 10.2 Å². The number of halogens is 6. The monoisotopic (exact) mass is 507 g/mol. The van der Waals surface area contributed by atoms with Crippen molar-refractivity contribution < 1.29 is 35.8 Å². The number of nitrogens with zero attached hydrogens (tertiary/aromatic N) is 6. The van der Waals surface area contributed by atoms with Gasteiger partial charge in [0.2, 0.25) is 17.8 Å². The first-order valence-electron chi connectivity index (χ1n) is 11.3. The molecule has 192 valence electrons. The number of nitrogens with one attached hydrogen (secondary N) is 1. The molecule has 0 unspecified atom stereocenters. The molecule has 0 aromatic carbocycles. The van der Waals surface area contributed by atoms with Gasteiger partial charge in [-0.05, 0) is 19.3 Å². The molecule has 1 N–H and O–H groups in total. The fourth-order valence-corrected chi connectivity index (χ4v) is 4.45. The number of hydrogen-bond acceptors (Lipinski definition) is 8. The molecule has 0 bridgehead atoms. The highest BCUT2D eigenvalue weighted by atomic mass is 19.4. The summed E-state index contributed by atoms with van der Waals surface area (Å²) in [5, 5.41) is 11.2. The lowest BCUT2D eigenvalue weighted by Crippen LogP contribution is -2.44. The second-order valence-electron chi connectivity index (χ2n) is 8.92. The molecule has 2 aromatic heterocycles. The highest BCUT2D eigenvalue weighted by molar-refractivity contribution is 5.39. The summed E-state index contributed by atoms with van der Waals surface area (Å²) in [4.78, 5) is 9.71. The Morgan fingerprint density at radius 2 is 1.86 bits per heavy atom. The average molecular weight is 507 g/mol. The van der Waals surface area contributed by atoms with Crippen molar-refractivity contribution in [1.29, 1.82) is 0 Å². The molecular weight excluding hydrogens is 484 g/mol. The molecule has 3 aliphatic heterocycles. The molecule has 0 aliphatic carbocycles. The quantitative estimate of drug-likeness (QED) is 0.618. The zero-order chi connectivity index (χ0) is 24.8. The van der Waals surface area contributed by atoms with Gasteiger partial charge in [0, 0.05) is 38.3 Å². The molecule has 3 aliphatic rings. The number of aromatic nitrogens is 5. The van der Waals surface area contributed by atoms with Crippen LogP contribution in [-0.4, -0.2) is 69.4 Å². The third kappa shape index (κ3) is 5.09. The maximum Gasteiger partial charge on any atom is 0.423 e. The number of hydrogen-bond donors (Lipinski definition) is 1. The van der Waals surface area contributed by atoms with Crippen LogP contribution >= 0.6 is 0 Å². The molecule has 0 amide bonds. The highest BCUT2D eigenvalue weighted by Gasteiger charge is 2.43. The summed E-state index contributed by atoms with van der Waals surface area (Å²) in [6, 6.07) is -0.222. The Balaban J connectivity index is 1.28. The topological polar surface area (TPSA) is 90.2 Å². The van der Waals surface area contributed by atoms with E-state index in [1.807, 2.05) is 4.90 Å². The predicted molar refractivity (Wildman–Crippen MR) is 109 cm³/mol. The second-order valence-corrected chi connectivity index (χ2v) is 8.92. The lowest BCUT2D eigenvalue weighted by atomic mass is 9.97. The van der Waals surface area contributed by atoms with Crippen LogP contribution in [0.2, 0.25) is 0 Å². The van der Waals surface area contributed by atoms with E-state index in [4.69, 9.17) is 9.47 Å². The summed E-state index contributed by atoms with van der Waals surface area (Å²) in [7, 11) is 0. The van der Waals surface area contributed by atoms with Gasteiger partial charge in [-0.2, -0.15) is 31.3 Å². The highest BCUT2D eigenvalue weighted by Crippen LogP contribution is 2.37. The molecule has 2 fully saturated rings. The van der Waals surface area contributed by atoms with Crippen LogP contribution in [0.15, 0.2) is 6.20 Å². The van der Waals surface area contributed by atoms with E-state index in [0.717, 1.165) is 6.42 Å². The van der Waals surface area contributed by atoms with Gasteiger partial charge in [0.05, 0.1) is 19.1 Å². The molecule has 2 atom stereocenters. The average Bonchev–Trinajstić information content (AvgIpc) is 3.19. The van der Waals surface area contributed by atoms with E-state index < -0.39 is 35.8 Å². The Morgan fingerprint density at radius 3 is 2.54 bits per heavy atom. The predicted octanol–water partition coefficient (Wildman–Crippen LogP) is 3.07. The summed E-state index contributed by atoms with van der Waals surface area (Å²) in [6.45, 7) is 1.59. The summed E-state index contributed by atoms with van der Waals surface area (Å²) < 4.78 is 91.4. The zero-order valence-electron chi connectivity index (χ0n) is 18.4. The fourth-order valence-electron chi connectivity index (χ4n) is 4.45. The molecule has 5 rings (SSSR count). The van der Waals surface area contributed by atoms with E-state index in [9.17, 15) is 26.3 Å². The van der Waals surface area contributed by atoms with Crippen molar-refractivity contribution in [3.63, 3.8) is 0 Å². The van der Waals surface area contributed by atoms with Gasteiger partial charge in [0.15, 0.2) is 0 Å². The Hall–Kier alpha value is -2.84. The van der Waals surface area contributed by atoms with E-state index in [-0.39, 0.29) is 44.6 Å². The number of rotatable bonds is 5. The van der Waals surface area contributed by atoms with E-state index in [0.29, 0.717) is 37.5 Å². The molecule has 15 heteroatoms. The minimum Gasteiger partial charge on any atom is -0.469 e. The lowest BCUT2D eigenvalue weighted by molar-refractivity contribution is -0.179. The van der Waals surface area contributed by atoms with Crippen LogP contribution < -0.4 is 15.0 Å². The molecule has 9 nitrogen and oxygen atoms in total. The third-order valence-corrected chi connectivity index (χ3v) is 6.38. The van der Waals surface area contributed by atoms with Gasteiger partial charge >= 0.3 is 12.4 Å². The zero-order valence-corrected chi connectivity index (χ0v) is 18.4. The van der Waals surface area contributed by atoms with E-state index in [1.165, 1.54) is 0 Å². The van der Waals surface area contributed by atoms with Crippen molar-refractivity contribution in [3.8, 4) is 5.88 Å². The minimum atomic E-state index is -4.67. The number of fused-ring (bicyclic) bond motifs is 1. The van der Waals surface area contributed by atoms with E-state index >= 15 is 0 Å². The number of piperidine rings is 1. The Bertz CT molecular complexity index is 1060. The normalized spacial score (nSPS) is 23.5. The maximum absolute atomic E-state index is 13.4. The summed E-state index contributed by atoms with van der Waals surface area (Å²) >= 11 is 0. The standard InChI is InChI=1S/C20H23F6N7O2/c21-19(22,23)11-3-5-33-15(6-11)30-31-18(33)32-4-1-2-12(8-32)28-17-27-7-14(20(24,25)26)16(29-17)35-13-9-34-10-13/h7,11-13H,1-6,8-10H2,(H,27,28,29)/t11-,12-/m1/s1. The molecule has 0 radical (unpaired) electrons. The number of ether oxygens (including phenoxy) is 2. The molecule has 5 heterocycles. The van der Waals surface area contributed by atoms with Crippen LogP contribution in [0.4, 0.5) is 38.2 Å². The van der Waals surface area contributed by atoms with Crippen molar-refractivity contribution in [2.75, 3.05) is 36.5 Å². The lowest BCUT2D eigenvalue weighted by Gasteiger charge is -2.35. The van der Waals surface area contributed by atoms with Gasteiger partial charge < -0.3 is 19.7 Å². The van der Waals surface area contributed by atoms with Crippen LogP contribution in [0.5, 0.6) is 5.88 Å². The van der Waals surface area contributed by atoms with Crippen molar-refractivity contribution in [3.05, 3.63) is 17.6 Å². The van der Waals surface area contributed by atoms with Crippen LogP contribution in [-0.2, 0) is 23.9 Å². The Morgan fingerprint density at radius 1 is 1.06 bits per heavy atom. The summed E-state index contributed by atoms with van der Waals surface area (Å²) in [5.41, 5.74) is -1.06. The first-order chi connectivity index (χ1) is 16.6. The Kier molecular flexibility index (Phi) is 6.13. The summed E-state index contributed by atoms with van der Waals surface area (Å²) in [6.07, 6.45) is -7.56. The first-order valence-corrected chi connectivity index (χ1v) is 11.3. The fraction of sp³-hybridized carbons (Fsp3) is 0.700. The largest absolute Gasteiger partial charge is 0.469 e. The molecule has 0 spiro atoms. The SMILES string of the molecule is FC(F)(F)c1cnc(N[C@@H]2CCCN(c3nnc4n3CC[C@@H](C(F)(F)F)C4)C2)nc1OC1COC1. The number of anilines is 2. The number of alkyl halides is 6. The molecule has 2 saturated heterocycles. The van der Waals surface area contributed by atoms with E-state index in [1.54, 1.807) is 4.57 Å². The second kappa shape index (κ2) is 8.99.